The van der Waals surface area contributed by atoms with Gasteiger partial charge in [-0.05, 0) is 25.5 Å². The molecule has 0 atom stereocenters. The fourth-order valence-corrected chi connectivity index (χ4v) is 2.20. The van der Waals surface area contributed by atoms with Crippen molar-refractivity contribution in [2.75, 3.05) is 0 Å². The zero-order valence-corrected chi connectivity index (χ0v) is 11.3. The van der Waals surface area contributed by atoms with Crippen molar-refractivity contribution in [2.24, 2.45) is 5.73 Å². The SMILES string of the molecule is Cc1nc(Cc2ccccc2Cl)nc(C)c1CN. The minimum absolute atomic E-state index is 0.476. The van der Waals surface area contributed by atoms with Crippen LogP contribution in [0.5, 0.6) is 0 Å². The Kier molecular flexibility index (Phi) is 3.94. The second-order valence-electron chi connectivity index (χ2n) is 4.26. The van der Waals surface area contributed by atoms with E-state index >= 15 is 0 Å². The van der Waals surface area contributed by atoms with E-state index < -0.39 is 0 Å². The molecule has 0 radical (unpaired) electrons. The molecule has 0 fully saturated rings. The first-order chi connectivity index (χ1) is 8.61. The van der Waals surface area contributed by atoms with Gasteiger partial charge in [0.15, 0.2) is 0 Å². The molecule has 94 valence electrons. The van der Waals surface area contributed by atoms with E-state index in [0.717, 1.165) is 33.4 Å². The fourth-order valence-electron chi connectivity index (χ4n) is 2.00. The molecule has 0 unspecified atom stereocenters. The van der Waals surface area contributed by atoms with Crippen LogP contribution < -0.4 is 5.73 Å². The Hall–Kier alpha value is -1.45. The zero-order chi connectivity index (χ0) is 13.1. The maximum absolute atomic E-state index is 6.14. The summed E-state index contributed by atoms with van der Waals surface area (Å²) in [4.78, 5) is 8.98. The molecule has 0 bridgehead atoms. The molecule has 3 nitrogen and oxygen atoms in total. The molecule has 2 rings (SSSR count). The minimum atomic E-state index is 0.476. The predicted molar refractivity (Wildman–Crippen MR) is 73.7 cm³/mol. The van der Waals surface area contributed by atoms with Crippen LogP contribution >= 0.6 is 11.6 Å². The third-order valence-corrected chi connectivity index (χ3v) is 3.35. The Morgan fingerprint density at radius 1 is 1.11 bits per heavy atom. The summed E-state index contributed by atoms with van der Waals surface area (Å²) in [6, 6.07) is 7.76. The molecule has 1 aromatic heterocycles. The van der Waals surface area contributed by atoms with Crippen molar-refractivity contribution >= 4 is 11.6 Å². The van der Waals surface area contributed by atoms with E-state index in [2.05, 4.69) is 9.97 Å². The average molecular weight is 262 g/mol. The molecule has 4 heteroatoms. The van der Waals surface area contributed by atoms with Crippen molar-refractivity contribution in [3.8, 4) is 0 Å². The van der Waals surface area contributed by atoms with Crippen molar-refractivity contribution in [2.45, 2.75) is 26.8 Å². The van der Waals surface area contributed by atoms with E-state index in [9.17, 15) is 0 Å². The molecular formula is C14H16ClN3. The molecule has 0 saturated heterocycles. The Balaban J connectivity index is 2.34. The molecule has 2 N–H and O–H groups in total. The van der Waals surface area contributed by atoms with Crippen LogP contribution in [0.4, 0.5) is 0 Å². The number of nitrogens with two attached hydrogens (primary N) is 1. The Labute approximate surface area is 112 Å². The molecule has 0 aliphatic heterocycles. The number of aryl methyl sites for hydroxylation is 2. The smallest absolute Gasteiger partial charge is 0.133 e. The van der Waals surface area contributed by atoms with Gasteiger partial charge in [-0.1, -0.05) is 29.8 Å². The summed E-state index contributed by atoms with van der Waals surface area (Å²) < 4.78 is 0. The number of benzene rings is 1. The maximum Gasteiger partial charge on any atom is 0.133 e. The fraction of sp³-hybridized carbons (Fsp3) is 0.286. The lowest BCUT2D eigenvalue weighted by Gasteiger charge is -2.09. The van der Waals surface area contributed by atoms with Gasteiger partial charge in [0.25, 0.3) is 0 Å². The summed E-state index contributed by atoms with van der Waals surface area (Å²) in [6.45, 7) is 4.41. The van der Waals surface area contributed by atoms with Gasteiger partial charge in [0.2, 0.25) is 0 Å². The van der Waals surface area contributed by atoms with E-state index in [1.54, 1.807) is 0 Å². The van der Waals surface area contributed by atoms with E-state index in [1.165, 1.54) is 0 Å². The van der Waals surface area contributed by atoms with Crippen LogP contribution in [0.15, 0.2) is 24.3 Å². The van der Waals surface area contributed by atoms with E-state index in [-0.39, 0.29) is 0 Å². The van der Waals surface area contributed by atoms with Crippen molar-refractivity contribution in [3.05, 3.63) is 57.6 Å². The van der Waals surface area contributed by atoms with Crippen molar-refractivity contribution in [3.63, 3.8) is 0 Å². The van der Waals surface area contributed by atoms with Crippen LogP contribution in [-0.4, -0.2) is 9.97 Å². The Bertz CT molecular complexity index is 544. The number of hydrogen-bond donors (Lipinski definition) is 1. The first kappa shape index (κ1) is 13.0. The van der Waals surface area contributed by atoms with Gasteiger partial charge in [-0.3, -0.25) is 0 Å². The second kappa shape index (κ2) is 5.46. The number of halogens is 1. The van der Waals surface area contributed by atoms with Crippen LogP contribution in [0.1, 0.15) is 28.3 Å². The molecule has 0 aliphatic rings. The van der Waals surface area contributed by atoms with Crippen molar-refractivity contribution in [1.82, 2.24) is 9.97 Å². The predicted octanol–water partition coefficient (Wildman–Crippen LogP) is 2.80. The summed E-state index contributed by atoms with van der Waals surface area (Å²) >= 11 is 6.14. The lowest BCUT2D eigenvalue weighted by atomic mass is 10.1. The Morgan fingerprint density at radius 2 is 1.72 bits per heavy atom. The number of hydrogen-bond acceptors (Lipinski definition) is 3. The zero-order valence-electron chi connectivity index (χ0n) is 10.6. The molecular weight excluding hydrogens is 246 g/mol. The first-order valence-electron chi connectivity index (χ1n) is 5.88. The van der Waals surface area contributed by atoms with Gasteiger partial charge in [-0.2, -0.15) is 0 Å². The minimum Gasteiger partial charge on any atom is -0.326 e. The molecule has 0 spiro atoms. The van der Waals surface area contributed by atoms with Gasteiger partial charge in [0.05, 0.1) is 0 Å². The molecule has 0 aliphatic carbocycles. The average Bonchev–Trinajstić information content (AvgIpc) is 2.32. The van der Waals surface area contributed by atoms with E-state index in [1.807, 2.05) is 38.1 Å². The lowest BCUT2D eigenvalue weighted by Crippen LogP contribution is -2.09. The summed E-state index contributed by atoms with van der Waals surface area (Å²) in [5.41, 5.74) is 9.65. The standard InChI is InChI=1S/C14H16ClN3/c1-9-12(8-16)10(2)18-14(17-9)7-11-5-3-4-6-13(11)15/h3-6H,7-8,16H2,1-2H3. The molecule has 0 saturated carbocycles. The van der Waals surface area contributed by atoms with Crippen LogP contribution in [0.25, 0.3) is 0 Å². The van der Waals surface area contributed by atoms with Crippen LogP contribution in [0, 0.1) is 13.8 Å². The van der Waals surface area contributed by atoms with Crippen molar-refractivity contribution < 1.29 is 0 Å². The highest BCUT2D eigenvalue weighted by atomic mass is 35.5. The van der Waals surface area contributed by atoms with Gasteiger partial charge >= 0.3 is 0 Å². The molecule has 18 heavy (non-hydrogen) atoms. The van der Waals surface area contributed by atoms with Crippen LogP contribution in [0.3, 0.4) is 0 Å². The summed E-state index contributed by atoms with van der Waals surface area (Å²) in [5, 5.41) is 0.749. The summed E-state index contributed by atoms with van der Waals surface area (Å²) in [6.07, 6.45) is 0.645. The first-order valence-corrected chi connectivity index (χ1v) is 6.26. The second-order valence-corrected chi connectivity index (χ2v) is 4.67. The summed E-state index contributed by atoms with van der Waals surface area (Å²) in [5.74, 6) is 0.787. The lowest BCUT2D eigenvalue weighted by molar-refractivity contribution is 0.867. The molecule has 2 aromatic rings. The van der Waals surface area contributed by atoms with E-state index in [0.29, 0.717) is 13.0 Å². The topological polar surface area (TPSA) is 51.8 Å². The number of rotatable bonds is 3. The highest BCUT2D eigenvalue weighted by Gasteiger charge is 2.08. The molecule has 1 aromatic carbocycles. The van der Waals surface area contributed by atoms with Gasteiger partial charge in [-0.25, -0.2) is 9.97 Å². The monoisotopic (exact) mass is 261 g/mol. The quantitative estimate of drug-likeness (QED) is 0.924. The Morgan fingerprint density at radius 3 is 2.28 bits per heavy atom. The van der Waals surface area contributed by atoms with Gasteiger partial charge in [-0.15, -0.1) is 0 Å². The number of nitrogens with zero attached hydrogens (tertiary/aromatic N) is 2. The van der Waals surface area contributed by atoms with Gasteiger partial charge in [0.1, 0.15) is 5.82 Å². The highest BCUT2D eigenvalue weighted by molar-refractivity contribution is 6.31. The van der Waals surface area contributed by atoms with Crippen LogP contribution in [-0.2, 0) is 13.0 Å². The number of aromatic nitrogens is 2. The molecule has 0 amide bonds. The van der Waals surface area contributed by atoms with Gasteiger partial charge in [0, 0.05) is 34.9 Å². The third kappa shape index (κ3) is 2.68. The molecule has 1 heterocycles. The largest absolute Gasteiger partial charge is 0.326 e. The highest BCUT2D eigenvalue weighted by Crippen LogP contribution is 2.18. The normalized spacial score (nSPS) is 10.7. The van der Waals surface area contributed by atoms with E-state index in [4.69, 9.17) is 17.3 Å². The van der Waals surface area contributed by atoms with Gasteiger partial charge < -0.3 is 5.73 Å². The summed E-state index contributed by atoms with van der Waals surface area (Å²) in [7, 11) is 0. The van der Waals surface area contributed by atoms with Crippen molar-refractivity contribution in [1.29, 1.82) is 0 Å². The third-order valence-electron chi connectivity index (χ3n) is 2.98. The maximum atomic E-state index is 6.14. The van der Waals surface area contributed by atoms with Crippen LogP contribution in [0.2, 0.25) is 5.02 Å².